The van der Waals surface area contributed by atoms with Crippen LogP contribution in [0.15, 0.2) is 42.5 Å². The molecule has 0 saturated heterocycles. The number of fused-ring (bicyclic) bond motifs is 1. The fourth-order valence-corrected chi connectivity index (χ4v) is 4.34. The van der Waals surface area contributed by atoms with Crippen LogP contribution in [-0.4, -0.2) is 33.4 Å². The third kappa shape index (κ3) is 6.89. The van der Waals surface area contributed by atoms with Crippen LogP contribution in [0, 0.1) is 5.82 Å². The Labute approximate surface area is 203 Å². The molecule has 0 aliphatic carbocycles. The molecular weight excluding hydrogens is 427 g/mol. The molecule has 0 saturated carbocycles. The number of carbonyl (C=O) groups excluding carboxylic acids is 1. The standard InChI is InChI=1S/C28H39FN4O/c1-4-7-8-9-15-30-20-22-13-14-26-25(18-22)31-27(33(26)17-6-3)21-32(16-5-2)28(34)23-11-10-12-24(29)19-23/h10-14,18-19,30H,4-9,15-17,20-21H2,1-3H3. The molecule has 0 spiro atoms. The summed E-state index contributed by atoms with van der Waals surface area (Å²) in [6, 6.07) is 12.4. The van der Waals surface area contributed by atoms with Crippen LogP contribution < -0.4 is 5.32 Å². The number of benzene rings is 2. The molecule has 3 rings (SSSR count). The molecule has 1 aromatic heterocycles. The molecule has 3 aromatic rings. The highest BCUT2D eigenvalue weighted by Crippen LogP contribution is 2.21. The lowest BCUT2D eigenvalue weighted by Gasteiger charge is -2.22. The van der Waals surface area contributed by atoms with Crippen molar-refractivity contribution < 1.29 is 9.18 Å². The maximum absolute atomic E-state index is 13.7. The van der Waals surface area contributed by atoms with Gasteiger partial charge in [-0.1, -0.05) is 52.2 Å². The zero-order valence-electron chi connectivity index (χ0n) is 20.9. The minimum atomic E-state index is -0.396. The van der Waals surface area contributed by atoms with E-state index in [1.807, 2.05) is 6.92 Å². The second-order valence-corrected chi connectivity index (χ2v) is 8.98. The van der Waals surface area contributed by atoms with E-state index in [4.69, 9.17) is 4.98 Å². The first-order valence-corrected chi connectivity index (χ1v) is 12.8. The lowest BCUT2D eigenvalue weighted by molar-refractivity contribution is 0.0736. The van der Waals surface area contributed by atoms with Crippen molar-refractivity contribution in [2.45, 2.75) is 78.9 Å². The number of amides is 1. The number of hydrogen-bond donors (Lipinski definition) is 1. The largest absolute Gasteiger partial charge is 0.331 e. The highest BCUT2D eigenvalue weighted by molar-refractivity contribution is 5.94. The van der Waals surface area contributed by atoms with E-state index in [9.17, 15) is 9.18 Å². The first-order valence-electron chi connectivity index (χ1n) is 12.8. The summed E-state index contributed by atoms with van der Waals surface area (Å²) in [4.78, 5) is 19.9. The topological polar surface area (TPSA) is 50.2 Å². The third-order valence-corrected chi connectivity index (χ3v) is 6.06. The van der Waals surface area contributed by atoms with Crippen molar-refractivity contribution in [3.05, 3.63) is 65.2 Å². The van der Waals surface area contributed by atoms with Gasteiger partial charge in [0.15, 0.2) is 0 Å². The molecule has 0 fully saturated rings. The molecule has 34 heavy (non-hydrogen) atoms. The van der Waals surface area contributed by atoms with Gasteiger partial charge in [-0.2, -0.15) is 0 Å². The number of aryl methyl sites for hydroxylation is 1. The van der Waals surface area contributed by atoms with Gasteiger partial charge in [-0.25, -0.2) is 9.37 Å². The lowest BCUT2D eigenvalue weighted by atomic mass is 10.2. The van der Waals surface area contributed by atoms with Gasteiger partial charge in [-0.15, -0.1) is 0 Å². The van der Waals surface area contributed by atoms with Gasteiger partial charge in [-0.3, -0.25) is 4.79 Å². The van der Waals surface area contributed by atoms with E-state index in [1.54, 1.807) is 17.0 Å². The molecule has 1 amide bonds. The summed E-state index contributed by atoms with van der Waals surface area (Å²) in [5.74, 6) is 0.316. The number of nitrogens with one attached hydrogen (secondary N) is 1. The first kappa shape index (κ1) is 25.9. The Morgan fingerprint density at radius 2 is 1.88 bits per heavy atom. The van der Waals surface area contributed by atoms with Gasteiger partial charge in [0.1, 0.15) is 11.6 Å². The Hall–Kier alpha value is -2.73. The molecule has 0 aliphatic rings. The van der Waals surface area contributed by atoms with Crippen molar-refractivity contribution in [1.29, 1.82) is 0 Å². The summed E-state index contributed by atoms with van der Waals surface area (Å²) in [5, 5.41) is 3.54. The molecule has 0 atom stereocenters. The van der Waals surface area contributed by atoms with Crippen molar-refractivity contribution in [3.8, 4) is 0 Å². The third-order valence-electron chi connectivity index (χ3n) is 6.06. The quantitative estimate of drug-likeness (QED) is 0.283. The zero-order valence-corrected chi connectivity index (χ0v) is 20.9. The molecule has 184 valence electrons. The molecule has 0 radical (unpaired) electrons. The van der Waals surface area contributed by atoms with Crippen LogP contribution in [0.5, 0.6) is 0 Å². The number of unbranched alkanes of at least 4 members (excludes halogenated alkanes) is 3. The predicted octanol–water partition coefficient (Wildman–Crippen LogP) is 6.31. The van der Waals surface area contributed by atoms with E-state index in [1.165, 1.54) is 43.4 Å². The van der Waals surface area contributed by atoms with Crippen molar-refractivity contribution in [2.75, 3.05) is 13.1 Å². The molecule has 0 unspecified atom stereocenters. The summed E-state index contributed by atoms with van der Waals surface area (Å²) in [6.07, 6.45) is 6.83. The minimum Gasteiger partial charge on any atom is -0.331 e. The number of hydrogen-bond acceptors (Lipinski definition) is 3. The fourth-order valence-electron chi connectivity index (χ4n) is 4.34. The van der Waals surface area contributed by atoms with Gasteiger partial charge >= 0.3 is 0 Å². The summed E-state index contributed by atoms with van der Waals surface area (Å²) in [6.45, 7) is 10.1. The number of halogens is 1. The Bertz CT molecular complexity index is 1060. The Kier molecular flexibility index (Phi) is 10.1. The number of nitrogens with zero attached hydrogens (tertiary/aromatic N) is 3. The zero-order chi connectivity index (χ0) is 24.3. The maximum Gasteiger partial charge on any atom is 0.254 e. The van der Waals surface area contributed by atoms with E-state index in [2.05, 4.69) is 41.9 Å². The molecule has 5 nitrogen and oxygen atoms in total. The monoisotopic (exact) mass is 466 g/mol. The van der Waals surface area contributed by atoms with Gasteiger partial charge in [0, 0.05) is 25.2 Å². The van der Waals surface area contributed by atoms with Gasteiger partial charge in [0.2, 0.25) is 0 Å². The average Bonchev–Trinajstić information content (AvgIpc) is 3.17. The van der Waals surface area contributed by atoms with Crippen LogP contribution in [0.25, 0.3) is 11.0 Å². The normalized spacial score (nSPS) is 11.3. The highest BCUT2D eigenvalue weighted by Gasteiger charge is 2.20. The van der Waals surface area contributed by atoms with Crippen LogP contribution in [0.2, 0.25) is 0 Å². The molecule has 0 aliphatic heterocycles. The van der Waals surface area contributed by atoms with Crippen LogP contribution >= 0.6 is 0 Å². The number of aromatic nitrogens is 2. The Morgan fingerprint density at radius 3 is 2.62 bits per heavy atom. The average molecular weight is 467 g/mol. The summed E-state index contributed by atoms with van der Waals surface area (Å²) in [7, 11) is 0. The lowest BCUT2D eigenvalue weighted by Crippen LogP contribution is -2.32. The molecule has 2 aromatic carbocycles. The second-order valence-electron chi connectivity index (χ2n) is 8.98. The first-order chi connectivity index (χ1) is 16.6. The SMILES string of the molecule is CCCCCCNCc1ccc2c(c1)nc(CN(CCC)C(=O)c1cccc(F)c1)n2CCC. The number of carbonyl (C=O) groups is 1. The van der Waals surface area contributed by atoms with E-state index in [-0.39, 0.29) is 5.91 Å². The van der Waals surface area contributed by atoms with E-state index >= 15 is 0 Å². The van der Waals surface area contributed by atoms with Gasteiger partial charge in [0.25, 0.3) is 5.91 Å². The smallest absolute Gasteiger partial charge is 0.254 e. The van der Waals surface area contributed by atoms with Crippen LogP contribution in [0.1, 0.15) is 81.0 Å². The Morgan fingerprint density at radius 1 is 1.03 bits per heavy atom. The van der Waals surface area contributed by atoms with Crippen LogP contribution in [0.4, 0.5) is 4.39 Å². The Balaban J connectivity index is 1.79. The molecule has 0 bridgehead atoms. The predicted molar refractivity (Wildman–Crippen MR) is 137 cm³/mol. The second kappa shape index (κ2) is 13.2. The van der Waals surface area contributed by atoms with Gasteiger partial charge < -0.3 is 14.8 Å². The van der Waals surface area contributed by atoms with Crippen molar-refractivity contribution >= 4 is 16.9 Å². The maximum atomic E-state index is 13.7. The molecular formula is C28H39FN4O. The van der Waals surface area contributed by atoms with Crippen molar-refractivity contribution in [3.63, 3.8) is 0 Å². The van der Waals surface area contributed by atoms with E-state index in [0.29, 0.717) is 18.7 Å². The minimum absolute atomic E-state index is 0.163. The summed E-state index contributed by atoms with van der Waals surface area (Å²) >= 11 is 0. The van der Waals surface area contributed by atoms with Crippen molar-refractivity contribution in [1.82, 2.24) is 19.8 Å². The summed E-state index contributed by atoms with van der Waals surface area (Å²) in [5.41, 5.74) is 3.65. The highest BCUT2D eigenvalue weighted by atomic mass is 19.1. The van der Waals surface area contributed by atoms with Crippen LogP contribution in [0.3, 0.4) is 0 Å². The number of imidazole rings is 1. The number of rotatable bonds is 14. The van der Waals surface area contributed by atoms with Gasteiger partial charge in [-0.05, 0) is 61.7 Å². The molecule has 1 heterocycles. The van der Waals surface area contributed by atoms with E-state index in [0.717, 1.165) is 49.3 Å². The molecule has 6 heteroatoms. The van der Waals surface area contributed by atoms with E-state index < -0.39 is 5.82 Å². The fraction of sp³-hybridized carbons (Fsp3) is 0.500. The van der Waals surface area contributed by atoms with Crippen LogP contribution in [-0.2, 0) is 19.6 Å². The molecule has 1 N–H and O–H groups in total. The van der Waals surface area contributed by atoms with Gasteiger partial charge in [0.05, 0.1) is 17.6 Å². The summed E-state index contributed by atoms with van der Waals surface area (Å²) < 4.78 is 15.9. The van der Waals surface area contributed by atoms with Crippen molar-refractivity contribution in [2.24, 2.45) is 0 Å².